The van der Waals surface area contributed by atoms with Crippen molar-refractivity contribution in [3.8, 4) is 0 Å². The highest BCUT2D eigenvalue weighted by molar-refractivity contribution is 6.65. The van der Waals surface area contributed by atoms with Gasteiger partial charge in [-0.3, -0.25) is 0 Å². The van der Waals surface area contributed by atoms with Crippen LogP contribution in [0.15, 0.2) is 29.5 Å². The standard InChI is InChI=1S/C9H8Si/c1-7-6-8-4-2-3-5-9(8)10-7/h2-6H,1H3. The zero-order valence-corrected chi connectivity index (χ0v) is 6.89. The molecule has 1 aromatic carbocycles. The van der Waals surface area contributed by atoms with Gasteiger partial charge in [-0.2, -0.15) is 0 Å². The van der Waals surface area contributed by atoms with Gasteiger partial charge in [0.2, 0.25) is 0 Å². The van der Waals surface area contributed by atoms with E-state index in [1.54, 1.807) is 0 Å². The Bertz CT molecular complexity index is 287. The van der Waals surface area contributed by atoms with Gasteiger partial charge in [0.15, 0.2) is 0 Å². The smallest absolute Gasteiger partial charge is 0.0818 e. The van der Waals surface area contributed by atoms with Gasteiger partial charge in [0.25, 0.3) is 0 Å². The molecule has 0 atom stereocenters. The molecule has 1 heterocycles. The lowest BCUT2D eigenvalue weighted by molar-refractivity contribution is 1.70. The molecule has 0 fully saturated rings. The van der Waals surface area contributed by atoms with Gasteiger partial charge < -0.3 is 0 Å². The second-order valence-electron chi connectivity index (χ2n) is 2.54. The van der Waals surface area contributed by atoms with E-state index in [4.69, 9.17) is 0 Å². The minimum atomic E-state index is 0.915. The van der Waals surface area contributed by atoms with Crippen LogP contribution in [0.1, 0.15) is 12.5 Å². The van der Waals surface area contributed by atoms with Crippen LogP contribution < -0.4 is 5.19 Å². The van der Waals surface area contributed by atoms with E-state index in [0.29, 0.717) is 0 Å². The Morgan fingerprint density at radius 3 is 2.80 bits per heavy atom. The number of fused-ring (bicyclic) bond motifs is 1. The van der Waals surface area contributed by atoms with Crippen LogP contribution in [0.4, 0.5) is 0 Å². The molecule has 2 rings (SSSR count). The maximum absolute atomic E-state index is 2.27. The molecule has 0 nitrogen and oxygen atoms in total. The largest absolute Gasteiger partial charge is 0.116 e. The summed E-state index contributed by atoms with van der Waals surface area (Å²) in [7, 11) is 0.915. The number of rotatable bonds is 0. The van der Waals surface area contributed by atoms with Crippen molar-refractivity contribution in [2.24, 2.45) is 0 Å². The molecule has 0 saturated carbocycles. The maximum atomic E-state index is 2.27. The molecule has 10 heavy (non-hydrogen) atoms. The van der Waals surface area contributed by atoms with E-state index in [2.05, 4.69) is 37.3 Å². The number of allylic oxidation sites excluding steroid dienone is 1. The van der Waals surface area contributed by atoms with Crippen LogP contribution in [-0.4, -0.2) is 9.52 Å². The van der Waals surface area contributed by atoms with Gasteiger partial charge in [0.1, 0.15) is 9.52 Å². The van der Waals surface area contributed by atoms with E-state index in [0.717, 1.165) is 9.52 Å². The molecule has 1 aliphatic heterocycles. The van der Waals surface area contributed by atoms with E-state index >= 15 is 0 Å². The molecule has 1 aromatic rings. The highest BCUT2D eigenvalue weighted by Gasteiger charge is 2.07. The third-order valence-corrected chi connectivity index (χ3v) is 2.93. The van der Waals surface area contributed by atoms with E-state index in [1.165, 1.54) is 15.9 Å². The fourth-order valence-electron chi connectivity index (χ4n) is 1.22. The van der Waals surface area contributed by atoms with Crippen LogP contribution in [0.2, 0.25) is 0 Å². The first-order valence-electron chi connectivity index (χ1n) is 3.40. The molecule has 0 saturated heterocycles. The molecule has 2 radical (unpaired) electrons. The summed E-state index contributed by atoms with van der Waals surface area (Å²) in [6.45, 7) is 2.19. The number of hydrogen-bond acceptors (Lipinski definition) is 0. The molecule has 0 aromatic heterocycles. The van der Waals surface area contributed by atoms with E-state index in [9.17, 15) is 0 Å². The second-order valence-corrected chi connectivity index (χ2v) is 4.12. The molecule has 0 aliphatic carbocycles. The van der Waals surface area contributed by atoms with Crippen molar-refractivity contribution in [3.63, 3.8) is 0 Å². The van der Waals surface area contributed by atoms with Gasteiger partial charge >= 0.3 is 0 Å². The quantitative estimate of drug-likeness (QED) is 0.483. The summed E-state index contributed by atoms with van der Waals surface area (Å²) < 4.78 is 0. The first-order chi connectivity index (χ1) is 4.86. The predicted molar refractivity (Wildman–Crippen MR) is 45.5 cm³/mol. The zero-order chi connectivity index (χ0) is 6.97. The molecule has 0 N–H and O–H groups in total. The van der Waals surface area contributed by atoms with E-state index in [1.807, 2.05) is 0 Å². The summed E-state index contributed by atoms with van der Waals surface area (Å²) in [5.41, 5.74) is 1.42. The summed E-state index contributed by atoms with van der Waals surface area (Å²) >= 11 is 0. The highest BCUT2D eigenvalue weighted by Crippen LogP contribution is 2.09. The van der Waals surface area contributed by atoms with Gasteiger partial charge in [0, 0.05) is 0 Å². The second kappa shape index (κ2) is 2.10. The maximum Gasteiger partial charge on any atom is 0.116 e. The summed E-state index contributed by atoms with van der Waals surface area (Å²) in [6, 6.07) is 8.59. The lowest BCUT2D eigenvalue weighted by atomic mass is 10.2. The van der Waals surface area contributed by atoms with Crippen molar-refractivity contribution in [1.82, 2.24) is 0 Å². The van der Waals surface area contributed by atoms with Gasteiger partial charge in [-0.25, -0.2) is 0 Å². The Labute approximate surface area is 63.4 Å². The van der Waals surface area contributed by atoms with Crippen LogP contribution >= 0.6 is 0 Å². The molecule has 0 spiro atoms. The third-order valence-electron chi connectivity index (χ3n) is 1.66. The lowest BCUT2D eigenvalue weighted by Gasteiger charge is -1.93. The van der Waals surface area contributed by atoms with Gasteiger partial charge in [0.05, 0.1) is 0 Å². The average molecular weight is 144 g/mol. The molecule has 0 amide bonds. The van der Waals surface area contributed by atoms with Crippen molar-refractivity contribution < 1.29 is 0 Å². The van der Waals surface area contributed by atoms with Crippen LogP contribution in [0.3, 0.4) is 0 Å². The average Bonchev–Trinajstić information content (AvgIpc) is 2.27. The number of benzene rings is 1. The van der Waals surface area contributed by atoms with Gasteiger partial charge in [-0.1, -0.05) is 40.7 Å². The lowest BCUT2D eigenvalue weighted by Crippen LogP contribution is -2.11. The summed E-state index contributed by atoms with van der Waals surface area (Å²) in [5.74, 6) is 0. The van der Waals surface area contributed by atoms with Crippen molar-refractivity contribution in [2.75, 3.05) is 0 Å². The topological polar surface area (TPSA) is 0 Å². The Hall–Kier alpha value is -0.823. The van der Waals surface area contributed by atoms with E-state index in [-0.39, 0.29) is 0 Å². The van der Waals surface area contributed by atoms with Crippen LogP contribution in [0, 0.1) is 0 Å². The first-order valence-corrected chi connectivity index (χ1v) is 4.40. The molecule has 48 valence electrons. The highest BCUT2D eigenvalue weighted by atomic mass is 28.2. The molecule has 1 heteroatoms. The number of hydrogen-bond donors (Lipinski definition) is 0. The minimum absolute atomic E-state index is 0.915. The SMILES string of the molecule is CC1=Cc2ccccc2[Si]1. The summed E-state index contributed by atoms with van der Waals surface area (Å²) in [5, 5.41) is 3.00. The first kappa shape index (κ1) is 5.92. The van der Waals surface area contributed by atoms with Crippen LogP contribution in [0.25, 0.3) is 6.08 Å². The van der Waals surface area contributed by atoms with Crippen molar-refractivity contribution in [3.05, 3.63) is 35.0 Å². The Morgan fingerprint density at radius 2 is 2.00 bits per heavy atom. The summed E-state index contributed by atoms with van der Waals surface area (Å²) in [4.78, 5) is 0. The van der Waals surface area contributed by atoms with Gasteiger partial charge in [-0.05, 0) is 12.5 Å². The van der Waals surface area contributed by atoms with Crippen LogP contribution in [0.5, 0.6) is 0 Å². The monoisotopic (exact) mass is 144 g/mol. The molecule has 0 unspecified atom stereocenters. The van der Waals surface area contributed by atoms with Gasteiger partial charge in [-0.15, -0.1) is 0 Å². The summed E-state index contributed by atoms with van der Waals surface area (Å²) in [6.07, 6.45) is 2.27. The Morgan fingerprint density at radius 1 is 1.20 bits per heavy atom. The Balaban J connectivity index is 2.54. The Kier molecular flexibility index (Phi) is 1.24. The minimum Gasteiger partial charge on any atom is -0.0818 e. The zero-order valence-electron chi connectivity index (χ0n) is 5.89. The fourth-order valence-corrected chi connectivity index (χ4v) is 2.35. The molecule has 0 bridgehead atoms. The molecular weight excluding hydrogens is 136 g/mol. The normalized spacial score (nSPS) is 14.7. The predicted octanol–water partition coefficient (Wildman–Crippen LogP) is 1.39. The van der Waals surface area contributed by atoms with Crippen molar-refractivity contribution >= 4 is 20.8 Å². The molecule has 1 aliphatic rings. The van der Waals surface area contributed by atoms with E-state index < -0.39 is 0 Å². The van der Waals surface area contributed by atoms with Crippen LogP contribution in [-0.2, 0) is 0 Å². The molecular formula is C9H8Si. The van der Waals surface area contributed by atoms with Crippen molar-refractivity contribution in [1.29, 1.82) is 0 Å². The third kappa shape index (κ3) is 0.829. The van der Waals surface area contributed by atoms with Crippen molar-refractivity contribution in [2.45, 2.75) is 6.92 Å². The fraction of sp³-hybridized carbons (Fsp3) is 0.111.